The Morgan fingerprint density at radius 1 is 1.41 bits per heavy atom. The molecule has 0 radical (unpaired) electrons. The van der Waals surface area contributed by atoms with Crippen LogP contribution >= 0.6 is 11.3 Å². The number of phenolic OH excluding ortho intramolecular Hbond substituents is 1. The number of H-pyrrole nitrogens is 1. The molecule has 122 valence electrons. The van der Waals surface area contributed by atoms with E-state index in [0.29, 0.717) is 12.1 Å². The lowest BCUT2D eigenvalue weighted by Crippen LogP contribution is -2.43. The standard InChI is InChI=1S/C15H24N2O3SSi/c1-15(2,3)22(4,5)20-11(8-16)9-6-7-10(18)12-13(9)21-14(19)17-12/h6-7,11,18H,8,16H2,1-5H3,(H,17,19)/t11-/m0/s1. The predicted molar refractivity (Wildman–Crippen MR) is 94.2 cm³/mol. The number of nitrogens with two attached hydrogens (primary N) is 1. The molecular weight excluding hydrogens is 316 g/mol. The minimum Gasteiger partial charge on any atom is -0.506 e. The van der Waals surface area contributed by atoms with Crippen molar-refractivity contribution < 1.29 is 9.53 Å². The molecule has 0 saturated heterocycles. The number of thiazole rings is 1. The number of nitrogens with one attached hydrogen (secondary N) is 1. The van der Waals surface area contributed by atoms with Crippen molar-refractivity contribution in [3.8, 4) is 5.75 Å². The molecule has 0 saturated carbocycles. The zero-order chi connectivity index (χ0) is 16.7. The molecule has 1 aromatic carbocycles. The lowest BCUT2D eigenvalue weighted by molar-refractivity contribution is 0.193. The summed E-state index contributed by atoms with van der Waals surface area (Å²) in [7, 11) is -1.99. The highest BCUT2D eigenvalue weighted by Gasteiger charge is 2.39. The van der Waals surface area contributed by atoms with Gasteiger partial charge in [-0.1, -0.05) is 38.2 Å². The van der Waals surface area contributed by atoms with Gasteiger partial charge in [-0.15, -0.1) is 0 Å². The Morgan fingerprint density at radius 2 is 2.05 bits per heavy atom. The van der Waals surface area contributed by atoms with Crippen molar-refractivity contribution in [2.24, 2.45) is 5.73 Å². The molecule has 22 heavy (non-hydrogen) atoms. The highest BCUT2D eigenvalue weighted by molar-refractivity contribution is 7.16. The second-order valence-corrected chi connectivity index (χ2v) is 12.7. The van der Waals surface area contributed by atoms with Gasteiger partial charge in [-0.3, -0.25) is 4.79 Å². The molecule has 0 spiro atoms. The van der Waals surface area contributed by atoms with Gasteiger partial charge in [-0.05, 0) is 24.2 Å². The molecule has 0 amide bonds. The maximum atomic E-state index is 11.6. The summed E-state index contributed by atoms with van der Waals surface area (Å²) >= 11 is 1.08. The van der Waals surface area contributed by atoms with Gasteiger partial charge in [0, 0.05) is 12.1 Å². The molecule has 0 bridgehead atoms. The van der Waals surface area contributed by atoms with Crippen LogP contribution in [0.15, 0.2) is 16.9 Å². The van der Waals surface area contributed by atoms with Gasteiger partial charge >= 0.3 is 4.87 Å². The Bertz CT molecular complexity index is 730. The van der Waals surface area contributed by atoms with Gasteiger partial charge in [0.15, 0.2) is 8.32 Å². The summed E-state index contributed by atoms with van der Waals surface area (Å²) in [5.74, 6) is 0.0696. The van der Waals surface area contributed by atoms with Gasteiger partial charge in [0.2, 0.25) is 0 Å². The summed E-state index contributed by atoms with van der Waals surface area (Å²) in [4.78, 5) is 14.1. The summed E-state index contributed by atoms with van der Waals surface area (Å²) in [6, 6.07) is 3.38. The molecule has 0 aliphatic heterocycles. The van der Waals surface area contributed by atoms with Crippen molar-refractivity contribution in [1.29, 1.82) is 0 Å². The fraction of sp³-hybridized carbons (Fsp3) is 0.533. The van der Waals surface area contributed by atoms with E-state index in [1.165, 1.54) is 0 Å². The number of hydrogen-bond acceptors (Lipinski definition) is 5. The lowest BCUT2D eigenvalue weighted by atomic mass is 10.1. The number of aromatic hydroxyl groups is 1. The van der Waals surface area contributed by atoms with Crippen molar-refractivity contribution in [3.05, 3.63) is 27.4 Å². The SMILES string of the molecule is CC(C)(C)[Si](C)(C)O[C@@H](CN)c1ccc(O)c2[nH]c(=O)sc12. The summed E-state index contributed by atoms with van der Waals surface area (Å²) in [5.41, 5.74) is 7.27. The minimum absolute atomic E-state index is 0.0696. The third-order valence-electron chi connectivity index (χ3n) is 4.39. The van der Waals surface area contributed by atoms with Crippen molar-refractivity contribution in [2.75, 3.05) is 6.54 Å². The summed E-state index contributed by atoms with van der Waals surface area (Å²) in [6.07, 6.45) is -0.282. The molecule has 7 heteroatoms. The monoisotopic (exact) mass is 340 g/mol. The van der Waals surface area contributed by atoms with Crippen LogP contribution in [0, 0.1) is 0 Å². The fourth-order valence-corrected chi connectivity index (χ4v) is 4.27. The van der Waals surface area contributed by atoms with E-state index in [9.17, 15) is 9.90 Å². The number of aromatic nitrogens is 1. The number of benzene rings is 1. The molecule has 1 atom stereocenters. The third kappa shape index (κ3) is 3.12. The molecule has 2 rings (SSSR count). The molecule has 1 heterocycles. The zero-order valence-corrected chi connectivity index (χ0v) is 15.5. The molecule has 0 aliphatic rings. The average Bonchev–Trinajstić information content (AvgIpc) is 2.78. The minimum atomic E-state index is -1.99. The third-order valence-corrected chi connectivity index (χ3v) is 9.81. The zero-order valence-electron chi connectivity index (χ0n) is 13.7. The topological polar surface area (TPSA) is 88.3 Å². The number of phenols is 1. The normalized spacial score (nSPS) is 14.5. The molecule has 0 aliphatic carbocycles. The Morgan fingerprint density at radius 3 is 2.59 bits per heavy atom. The van der Waals surface area contributed by atoms with Crippen LogP contribution in [0.2, 0.25) is 18.1 Å². The van der Waals surface area contributed by atoms with Gasteiger partial charge in [-0.2, -0.15) is 0 Å². The van der Waals surface area contributed by atoms with Crippen molar-refractivity contribution >= 4 is 29.9 Å². The number of aromatic amines is 1. The second kappa shape index (κ2) is 5.81. The first-order chi connectivity index (χ1) is 10.1. The molecule has 1 aromatic heterocycles. The number of hydrogen-bond donors (Lipinski definition) is 3. The van der Waals surface area contributed by atoms with Crippen molar-refractivity contribution in [1.82, 2.24) is 4.98 Å². The largest absolute Gasteiger partial charge is 0.506 e. The first-order valence-corrected chi connectivity index (χ1v) is 11.0. The first kappa shape index (κ1) is 17.2. The Balaban J connectivity index is 2.49. The van der Waals surface area contributed by atoms with E-state index in [2.05, 4.69) is 38.8 Å². The van der Waals surface area contributed by atoms with Crippen LogP contribution in [0.1, 0.15) is 32.4 Å². The Hall–Kier alpha value is -1.15. The van der Waals surface area contributed by atoms with Gasteiger partial charge in [-0.25, -0.2) is 0 Å². The number of fused-ring (bicyclic) bond motifs is 1. The van der Waals surface area contributed by atoms with Gasteiger partial charge in [0.1, 0.15) is 11.3 Å². The van der Waals surface area contributed by atoms with Gasteiger partial charge < -0.3 is 20.3 Å². The van der Waals surface area contributed by atoms with Crippen molar-refractivity contribution in [2.45, 2.75) is 45.0 Å². The van der Waals surface area contributed by atoms with E-state index in [4.69, 9.17) is 10.2 Å². The van der Waals surface area contributed by atoms with E-state index in [0.717, 1.165) is 21.6 Å². The van der Waals surface area contributed by atoms with E-state index >= 15 is 0 Å². The summed E-state index contributed by atoms with van der Waals surface area (Å²) in [6.45, 7) is 11.2. The van der Waals surface area contributed by atoms with Crippen LogP contribution in [0.4, 0.5) is 0 Å². The van der Waals surface area contributed by atoms with Crippen LogP contribution in [0.3, 0.4) is 0 Å². The van der Waals surface area contributed by atoms with Crippen molar-refractivity contribution in [3.63, 3.8) is 0 Å². The Labute approximate surface area is 135 Å². The van der Waals surface area contributed by atoms with Crippen LogP contribution < -0.4 is 10.6 Å². The quantitative estimate of drug-likeness (QED) is 0.745. The van der Waals surface area contributed by atoms with E-state index < -0.39 is 8.32 Å². The summed E-state index contributed by atoms with van der Waals surface area (Å²) in [5, 5.41) is 9.97. The fourth-order valence-electron chi connectivity index (χ4n) is 2.06. The van der Waals surface area contributed by atoms with Gasteiger partial charge in [0.25, 0.3) is 0 Å². The maximum Gasteiger partial charge on any atom is 0.305 e. The molecule has 0 fully saturated rings. The Kier molecular flexibility index (Phi) is 4.54. The molecule has 4 N–H and O–H groups in total. The predicted octanol–water partition coefficient (Wildman–Crippen LogP) is 3.32. The first-order valence-electron chi connectivity index (χ1n) is 7.29. The summed E-state index contributed by atoms with van der Waals surface area (Å²) < 4.78 is 7.14. The van der Waals surface area contributed by atoms with E-state index in [-0.39, 0.29) is 21.8 Å². The number of rotatable bonds is 4. The van der Waals surface area contributed by atoms with Crippen LogP contribution in [0.5, 0.6) is 5.75 Å². The van der Waals surface area contributed by atoms with Gasteiger partial charge in [0.05, 0.1) is 10.8 Å². The molecule has 0 unspecified atom stereocenters. The van der Waals surface area contributed by atoms with Crippen LogP contribution in [-0.4, -0.2) is 25.0 Å². The van der Waals surface area contributed by atoms with E-state index in [1.54, 1.807) is 12.1 Å². The average molecular weight is 341 g/mol. The van der Waals surface area contributed by atoms with Crippen LogP contribution in [0.25, 0.3) is 10.2 Å². The molecule has 5 nitrogen and oxygen atoms in total. The second-order valence-electron chi connectivity index (χ2n) is 7.00. The maximum absolute atomic E-state index is 11.6. The highest BCUT2D eigenvalue weighted by Crippen LogP contribution is 2.41. The highest BCUT2D eigenvalue weighted by atomic mass is 32.1. The molecule has 2 aromatic rings. The van der Waals surface area contributed by atoms with Crippen LogP contribution in [-0.2, 0) is 4.43 Å². The molecular formula is C15H24N2O3SSi. The smallest absolute Gasteiger partial charge is 0.305 e. The lowest BCUT2D eigenvalue weighted by Gasteiger charge is -2.39. The van der Waals surface area contributed by atoms with E-state index in [1.807, 2.05) is 0 Å².